The number of alkyl halides is 1. The van der Waals surface area contributed by atoms with Crippen LogP contribution in [0.4, 0.5) is 4.39 Å². The van der Waals surface area contributed by atoms with Crippen molar-refractivity contribution in [3.63, 3.8) is 0 Å². The summed E-state index contributed by atoms with van der Waals surface area (Å²) < 4.78 is 13.9. The van der Waals surface area contributed by atoms with E-state index in [2.05, 4.69) is 39.2 Å². The number of halogens is 1. The molecule has 1 aliphatic rings. The van der Waals surface area contributed by atoms with Crippen molar-refractivity contribution >= 4 is 0 Å². The Labute approximate surface area is 124 Å². The molecule has 1 unspecified atom stereocenters. The molecule has 1 N–H and O–H groups in total. The van der Waals surface area contributed by atoms with Gasteiger partial charge < -0.3 is 5.32 Å². The van der Waals surface area contributed by atoms with Crippen molar-refractivity contribution in [1.82, 2.24) is 5.32 Å². The lowest BCUT2D eigenvalue weighted by Crippen LogP contribution is -2.40. The van der Waals surface area contributed by atoms with Gasteiger partial charge in [-0.25, -0.2) is 4.39 Å². The number of nitrogens with one attached hydrogen (secondary N) is 1. The molecule has 2 heteroatoms. The van der Waals surface area contributed by atoms with Crippen LogP contribution in [0.1, 0.15) is 66.2 Å². The molecule has 0 aromatic rings. The van der Waals surface area contributed by atoms with Crippen LogP contribution >= 0.6 is 0 Å². The van der Waals surface area contributed by atoms with Crippen LogP contribution in [0.5, 0.6) is 0 Å². The van der Waals surface area contributed by atoms with E-state index in [1.165, 1.54) is 0 Å². The minimum atomic E-state index is -0.967. The maximum atomic E-state index is 13.9. The van der Waals surface area contributed by atoms with E-state index in [-0.39, 0.29) is 6.04 Å². The molecular weight excluding hydrogens is 249 g/mol. The van der Waals surface area contributed by atoms with E-state index in [1.54, 1.807) is 6.92 Å². The van der Waals surface area contributed by atoms with Gasteiger partial charge in [-0.15, -0.1) is 0 Å². The van der Waals surface area contributed by atoms with Crippen molar-refractivity contribution in [3.05, 3.63) is 24.4 Å². The van der Waals surface area contributed by atoms with Crippen LogP contribution in [0.3, 0.4) is 0 Å². The SMILES string of the molecule is C=C(CCC(C)C)NC(C(=C)C)C1CCC(C)(F)CC1. The van der Waals surface area contributed by atoms with Crippen LogP contribution in [0, 0.1) is 11.8 Å². The molecule has 0 spiro atoms. The van der Waals surface area contributed by atoms with Gasteiger partial charge in [0.15, 0.2) is 0 Å². The highest BCUT2D eigenvalue weighted by Gasteiger charge is 2.34. The third-order valence-electron chi connectivity index (χ3n) is 4.46. The zero-order chi connectivity index (χ0) is 15.3. The van der Waals surface area contributed by atoms with Gasteiger partial charge in [0.1, 0.15) is 5.67 Å². The monoisotopic (exact) mass is 281 g/mol. The molecule has 0 saturated heterocycles. The minimum Gasteiger partial charge on any atom is -0.382 e. The molecule has 1 saturated carbocycles. The second-order valence-corrected chi connectivity index (χ2v) is 7.26. The predicted octanol–water partition coefficient (Wildman–Crippen LogP) is 5.39. The molecule has 1 fully saturated rings. The zero-order valence-corrected chi connectivity index (χ0v) is 13.8. The predicted molar refractivity (Wildman–Crippen MR) is 86.4 cm³/mol. The Kier molecular flexibility index (Phi) is 6.29. The highest BCUT2D eigenvalue weighted by atomic mass is 19.1. The first-order valence-corrected chi connectivity index (χ1v) is 8.00. The third-order valence-corrected chi connectivity index (χ3v) is 4.46. The van der Waals surface area contributed by atoms with Gasteiger partial charge in [-0.05, 0) is 64.2 Å². The van der Waals surface area contributed by atoms with E-state index in [0.29, 0.717) is 24.7 Å². The quantitative estimate of drug-likeness (QED) is 0.617. The number of hydrogen-bond donors (Lipinski definition) is 1. The van der Waals surface area contributed by atoms with Crippen molar-refractivity contribution in [2.75, 3.05) is 0 Å². The molecule has 0 amide bonds. The summed E-state index contributed by atoms with van der Waals surface area (Å²) in [6.07, 6.45) is 5.38. The van der Waals surface area contributed by atoms with E-state index in [0.717, 1.165) is 37.0 Å². The molecule has 1 aliphatic carbocycles. The molecule has 0 aliphatic heterocycles. The molecule has 0 aromatic heterocycles. The van der Waals surface area contributed by atoms with E-state index in [9.17, 15) is 4.39 Å². The fourth-order valence-corrected chi connectivity index (χ4v) is 2.97. The van der Waals surface area contributed by atoms with Gasteiger partial charge in [0.05, 0.1) is 0 Å². The minimum absolute atomic E-state index is 0.255. The lowest BCUT2D eigenvalue weighted by Gasteiger charge is -2.37. The molecule has 0 bridgehead atoms. The fourth-order valence-electron chi connectivity index (χ4n) is 2.97. The zero-order valence-electron chi connectivity index (χ0n) is 13.8. The standard InChI is InChI=1S/C18H32FN/c1-13(2)7-8-15(5)20-17(14(3)4)16-9-11-18(6,19)12-10-16/h13,16-17,20H,3,5,7-12H2,1-2,4,6H3. The molecule has 1 atom stereocenters. The second kappa shape index (κ2) is 7.28. The molecule has 1 nitrogen and oxygen atoms in total. The van der Waals surface area contributed by atoms with Crippen molar-refractivity contribution in [1.29, 1.82) is 0 Å². The Hall–Kier alpha value is -0.790. The van der Waals surface area contributed by atoms with E-state index in [4.69, 9.17) is 0 Å². The van der Waals surface area contributed by atoms with Gasteiger partial charge >= 0.3 is 0 Å². The molecule has 0 heterocycles. The van der Waals surface area contributed by atoms with Crippen LogP contribution < -0.4 is 5.32 Å². The summed E-state index contributed by atoms with van der Waals surface area (Å²) in [6.45, 7) is 16.5. The Morgan fingerprint density at radius 1 is 1.30 bits per heavy atom. The van der Waals surface area contributed by atoms with E-state index < -0.39 is 5.67 Å². The summed E-state index contributed by atoms with van der Waals surface area (Å²) in [4.78, 5) is 0. The summed E-state index contributed by atoms with van der Waals surface area (Å²) in [6, 6.07) is 0.255. The van der Waals surface area contributed by atoms with Crippen LogP contribution in [0.25, 0.3) is 0 Å². The average molecular weight is 281 g/mol. The highest BCUT2D eigenvalue weighted by Crippen LogP contribution is 2.37. The van der Waals surface area contributed by atoms with Gasteiger partial charge in [0, 0.05) is 11.7 Å². The second-order valence-electron chi connectivity index (χ2n) is 7.26. The van der Waals surface area contributed by atoms with E-state index in [1.807, 2.05) is 0 Å². The Morgan fingerprint density at radius 3 is 2.30 bits per heavy atom. The smallest absolute Gasteiger partial charge is 0.108 e. The number of rotatable bonds is 7. The molecule has 0 aromatic carbocycles. The molecule has 0 radical (unpaired) electrons. The van der Waals surface area contributed by atoms with Crippen molar-refractivity contribution < 1.29 is 4.39 Å². The average Bonchev–Trinajstić information content (AvgIpc) is 2.33. The van der Waals surface area contributed by atoms with Crippen LogP contribution in [0.15, 0.2) is 24.4 Å². The van der Waals surface area contributed by atoms with E-state index >= 15 is 0 Å². The van der Waals surface area contributed by atoms with Crippen molar-refractivity contribution in [3.8, 4) is 0 Å². The lowest BCUT2D eigenvalue weighted by molar-refractivity contribution is 0.0957. The Balaban J connectivity index is 2.53. The first-order valence-electron chi connectivity index (χ1n) is 8.00. The van der Waals surface area contributed by atoms with Crippen molar-refractivity contribution in [2.24, 2.45) is 11.8 Å². The highest BCUT2D eigenvalue weighted by molar-refractivity contribution is 5.10. The number of allylic oxidation sites excluding steroid dienone is 1. The van der Waals surface area contributed by atoms with Gasteiger partial charge in [-0.2, -0.15) is 0 Å². The third kappa shape index (κ3) is 5.68. The normalized spacial score (nSPS) is 28.2. The Bertz CT molecular complexity index is 333. The van der Waals surface area contributed by atoms with Crippen molar-refractivity contribution in [2.45, 2.75) is 77.9 Å². The van der Waals surface area contributed by atoms with Gasteiger partial charge in [-0.3, -0.25) is 0 Å². The number of hydrogen-bond acceptors (Lipinski definition) is 1. The largest absolute Gasteiger partial charge is 0.382 e. The maximum Gasteiger partial charge on any atom is 0.108 e. The van der Waals surface area contributed by atoms with Crippen LogP contribution in [-0.2, 0) is 0 Å². The molecule has 20 heavy (non-hydrogen) atoms. The fraction of sp³-hybridized carbons (Fsp3) is 0.778. The molecule has 116 valence electrons. The van der Waals surface area contributed by atoms with Crippen LogP contribution in [-0.4, -0.2) is 11.7 Å². The first-order chi connectivity index (χ1) is 9.21. The summed E-state index contributed by atoms with van der Waals surface area (Å²) in [7, 11) is 0. The Morgan fingerprint density at radius 2 is 1.85 bits per heavy atom. The summed E-state index contributed by atoms with van der Waals surface area (Å²) in [5.74, 6) is 1.19. The molecule has 1 rings (SSSR count). The topological polar surface area (TPSA) is 12.0 Å². The van der Waals surface area contributed by atoms with Gasteiger partial charge in [0.2, 0.25) is 0 Å². The summed E-state index contributed by atoms with van der Waals surface area (Å²) in [5, 5.41) is 3.55. The molecular formula is C18H32FN. The lowest BCUT2D eigenvalue weighted by atomic mass is 9.76. The van der Waals surface area contributed by atoms with Gasteiger partial charge in [0.25, 0.3) is 0 Å². The summed E-state index contributed by atoms with van der Waals surface area (Å²) >= 11 is 0. The van der Waals surface area contributed by atoms with Gasteiger partial charge in [-0.1, -0.05) is 32.6 Å². The summed E-state index contributed by atoms with van der Waals surface area (Å²) in [5.41, 5.74) is 1.27. The maximum absolute atomic E-state index is 13.9. The first kappa shape index (κ1) is 17.3. The van der Waals surface area contributed by atoms with Crippen LogP contribution in [0.2, 0.25) is 0 Å².